The molecule has 1 aromatic rings. The first kappa shape index (κ1) is 16.5. The number of hydrogen-bond donors (Lipinski definition) is 2. The highest BCUT2D eigenvalue weighted by atomic mass is 127. The Labute approximate surface area is 140 Å². The van der Waals surface area contributed by atoms with Crippen molar-refractivity contribution in [3.63, 3.8) is 0 Å². The summed E-state index contributed by atoms with van der Waals surface area (Å²) in [5, 5.41) is 6.60. The van der Waals surface area contributed by atoms with Crippen LogP contribution >= 0.6 is 39.9 Å². The maximum Gasteiger partial charge on any atom is 0.191 e. The Hall–Kier alpha value is -0.560. The molecule has 5 heteroatoms. The normalized spacial score (nSPS) is 21.3. The zero-order chi connectivity index (χ0) is 13.0. The predicted octanol–water partition coefficient (Wildman–Crippen LogP) is 3.27. The number of nitrogens with zero attached hydrogens (tertiary/aromatic N) is 1. The SMILES string of the molecule is C=CCNC(=NC)NC1CC1c1ccc(Br)cc1.I. The molecule has 3 nitrogen and oxygen atoms in total. The van der Waals surface area contributed by atoms with Gasteiger partial charge in [0.25, 0.3) is 0 Å². The minimum Gasteiger partial charge on any atom is -0.353 e. The van der Waals surface area contributed by atoms with Crippen molar-refractivity contribution in [1.82, 2.24) is 10.6 Å². The molecule has 0 aliphatic heterocycles. The van der Waals surface area contributed by atoms with Crippen LogP contribution in [0.4, 0.5) is 0 Å². The van der Waals surface area contributed by atoms with Crippen LogP contribution in [0.25, 0.3) is 0 Å². The third-order valence-electron chi connectivity index (χ3n) is 3.05. The van der Waals surface area contributed by atoms with Crippen molar-refractivity contribution in [1.29, 1.82) is 0 Å². The molecule has 0 saturated heterocycles. The van der Waals surface area contributed by atoms with Gasteiger partial charge in [0, 0.05) is 30.0 Å². The van der Waals surface area contributed by atoms with Gasteiger partial charge in [0.1, 0.15) is 0 Å². The van der Waals surface area contributed by atoms with Crippen LogP contribution in [0.1, 0.15) is 17.9 Å². The summed E-state index contributed by atoms with van der Waals surface area (Å²) in [5.41, 5.74) is 1.38. The molecule has 1 aliphatic rings. The molecule has 1 saturated carbocycles. The van der Waals surface area contributed by atoms with Gasteiger partial charge in [-0.15, -0.1) is 30.6 Å². The van der Waals surface area contributed by atoms with Crippen molar-refractivity contribution in [2.45, 2.75) is 18.4 Å². The first-order valence-corrected chi connectivity index (χ1v) is 6.87. The molecule has 0 amide bonds. The summed E-state index contributed by atoms with van der Waals surface area (Å²) in [7, 11) is 1.79. The van der Waals surface area contributed by atoms with Crippen LogP contribution in [-0.2, 0) is 0 Å². The number of aliphatic imine (C=N–C) groups is 1. The number of guanidine groups is 1. The fraction of sp³-hybridized carbons (Fsp3) is 0.357. The molecule has 0 aromatic heterocycles. The maximum absolute atomic E-state index is 4.19. The van der Waals surface area contributed by atoms with Gasteiger partial charge in [0.2, 0.25) is 0 Å². The average molecular weight is 436 g/mol. The molecular weight excluding hydrogens is 417 g/mol. The van der Waals surface area contributed by atoms with E-state index < -0.39 is 0 Å². The van der Waals surface area contributed by atoms with E-state index in [4.69, 9.17) is 0 Å². The van der Waals surface area contributed by atoms with Gasteiger partial charge in [-0.05, 0) is 24.1 Å². The quantitative estimate of drug-likeness (QED) is 0.329. The zero-order valence-corrected chi connectivity index (χ0v) is 14.8. The molecule has 2 unspecified atom stereocenters. The van der Waals surface area contributed by atoms with Gasteiger partial charge in [-0.3, -0.25) is 4.99 Å². The monoisotopic (exact) mass is 435 g/mol. The van der Waals surface area contributed by atoms with Crippen LogP contribution in [0.2, 0.25) is 0 Å². The summed E-state index contributed by atoms with van der Waals surface area (Å²) in [5.74, 6) is 1.44. The third-order valence-corrected chi connectivity index (χ3v) is 3.58. The first-order chi connectivity index (χ1) is 8.74. The molecule has 2 atom stereocenters. The summed E-state index contributed by atoms with van der Waals surface area (Å²) in [6, 6.07) is 9.03. The molecule has 0 radical (unpaired) electrons. The molecule has 104 valence electrons. The lowest BCUT2D eigenvalue weighted by Crippen LogP contribution is -2.38. The maximum atomic E-state index is 4.19. The van der Waals surface area contributed by atoms with Crippen molar-refractivity contribution < 1.29 is 0 Å². The van der Waals surface area contributed by atoms with E-state index in [1.54, 1.807) is 7.05 Å². The van der Waals surface area contributed by atoms with E-state index in [1.165, 1.54) is 5.56 Å². The second-order valence-electron chi connectivity index (χ2n) is 4.39. The summed E-state index contributed by atoms with van der Waals surface area (Å²) in [6.45, 7) is 4.41. The fourth-order valence-electron chi connectivity index (χ4n) is 1.97. The van der Waals surface area contributed by atoms with E-state index in [2.05, 4.69) is 62.4 Å². The van der Waals surface area contributed by atoms with Crippen LogP contribution in [-0.4, -0.2) is 25.6 Å². The van der Waals surface area contributed by atoms with E-state index in [0.717, 1.165) is 23.4 Å². The Bertz CT molecular complexity index is 445. The molecule has 19 heavy (non-hydrogen) atoms. The first-order valence-electron chi connectivity index (χ1n) is 6.08. The highest BCUT2D eigenvalue weighted by Crippen LogP contribution is 2.40. The standard InChI is InChI=1S/C14H18BrN3.HI/c1-3-8-17-14(16-2)18-13-9-12(13)10-4-6-11(15)7-5-10;/h3-7,12-13H,1,8-9H2,2H3,(H2,16,17,18);1H. The lowest BCUT2D eigenvalue weighted by atomic mass is 10.1. The van der Waals surface area contributed by atoms with Crippen LogP contribution in [0.15, 0.2) is 46.4 Å². The van der Waals surface area contributed by atoms with Gasteiger partial charge >= 0.3 is 0 Å². The van der Waals surface area contributed by atoms with Crippen LogP contribution < -0.4 is 10.6 Å². The highest BCUT2D eigenvalue weighted by molar-refractivity contribution is 14.0. The lowest BCUT2D eigenvalue weighted by molar-refractivity contribution is 0.818. The Morgan fingerprint density at radius 2 is 2.16 bits per heavy atom. The topological polar surface area (TPSA) is 36.4 Å². The Morgan fingerprint density at radius 1 is 1.47 bits per heavy atom. The lowest BCUT2D eigenvalue weighted by Gasteiger charge is -2.10. The van der Waals surface area contributed by atoms with E-state index in [9.17, 15) is 0 Å². The zero-order valence-electron chi connectivity index (χ0n) is 10.9. The van der Waals surface area contributed by atoms with E-state index in [0.29, 0.717) is 12.0 Å². The fourth-order valence-corrected chi connectivity index (χ4v) is 2.24. The summed E-state index contributed by atoms with van der Waals surface area (Å²) < 4.78 is 1.12. The number of rotatable bonds is 4. The van der Waals surface area contributed by atoms with Crippen LogP contribution in [0.3, 0.4) is 0 Å². The number of nitrogens with one attached hydrogen (secondary N) is 2. The Kier molecular flexibility index (Phi) is 6.85. The van der Waals surface area contributed by atoms with Crippen molar-refractivity contribution >= 4 is 45.9 Å². The largest absolute Gasteiger partial charge is 0.353 e. The summed E-state index contributed by atoms with van der Waals surface area (Å²) in [6.07, 6.45) is 2.99. The minimum atomic E-state index is 0. The smallest absolute Gasteiger partial charge is 0.191 e. The van der Waals surface area contributed by atoms with Gasteiger partial charge in [0.05, 0.1) is 0 Å². The number of hydrogen-bond acceptors (Lipinski definition) is 1. The van der Waals surface area contributed by atoms with Crippen LogP contribution in [0.5, 0.6) is 0 Å². The van der Waals surface area contributed by atoms with Gasteiger partial charge in [0.15, 0.2) is 5.96 Å². The van der Waals surface area contributed by atoms with Gasteiger partial charge in [-0.1, -0.05) is 34.1 Å². The number of benzene rings is 1. The van der Waals surface area contributed by atoms with Crippen molar-refractivity contribution in [3.8, 4) is 0 Å². The van der Waals surface area contributed by atoms with Gasteiger partial charge in [-0.2, -0.15) is 0 Å². The highest BCUT2D eigenvalue weighted by Gasteiger charge is 2.38. The molecule has 0 heterocycles. The number of halogens is 2. The molecule has 1 aliphatic carbocycles. The molecule has 1 fully saturated rings. The molecule has 2 rings (SSSR count). The van der Waals surface area contributed by atoms with Crippen molar-refractivity contribution in [2.24, 2.45) is 4.99 Å². The second kappa shape index (κ2) is 7.89. The van der Waals surface area contributed by atoms with Crippen LogP contribution in [0, 0.1) is 0 Å². The van der Waals surface area contributed by atoms with Crippen molar-refractivity contribution in [2.75, 3.05) is 13.6 Å². The van der Waals surface area contributed by atoms with Gasteiger partial charge in [-0.25, -0.2) is 0 Å². The second-order valence-corrected chi connectivity index (χ2v) is 5.30. The Morgan fingerprint density at radius 3 is 2.74 bits per heavy atom. The molecule has 0 bridgehead atoms. The van der Waals surface area contributed by atoms with E-state index >= 15 is 0 Å². The van der Waals surface area contributed by atoms with E-state index in [-0.39, 0.29) is 24.0 Å². The average Bonchev–Trinajstić information content (AvgIpc) is 3.14. The predicted molar refractivity (Wildman–Crippen MR) is 95.4 cm³/mol. The summed E-state index contributed by atoms with van der Waals surface area (Å²) in [4.78, 5) is 4.19. The molecule has 1 aromatic carbocycles. The van der Waals surface area contributed by atoms with Gasteiger partial charge < -0.3 is 10.6 Å². The van der Waals surface area contributed by atoms with Crippen molar-refractivity contribution in [3.05, 3.63) is 47.0 Å². The molecular formula is C14H19BrIN3. The molecule has 0 spiro atoms. The molecule has 2 N–H and O–H groups in total. The Balaban J connectivity index is 0.00000180. The third kappa shape index (κ3) is 4.80. The minimum absolute atomic E-state index is 0. The van der Waals surface area contributed by atoms with E-state index in [1.807, 2.05) is 6.08 Å². The summed E-state index contributed by atoms with van der Waals surface area (Å²) >= 11 is 3.46.